The van der Waals surface area contributed by atoms with Crippen molar-refractivity contribution in [3.05, 3.63) is 11.5 Å². The van der Waals surface area contributed by atoms with Crippen LogP contribution in [0.2, 0.25) is 5.15 Å². The van der Waals surface area contributed by atoms with Gasteiger partial charge in [0.25, 0.3) is 0 Å². The number of hydrogen-bond donors (Lipinski definition) is 5. The maximum atomic E-state index is 13.4. The van der Waals surface area contributed by atoms with Crippen molar-refractivity contribution in [3.63, 3.8) is 0 Å². The van der Waals surface area contributed by atoms with Gasteiger partial charge in [-0.1, -0.05) is 23.4 Å². The third-order valence-electron chi connectivity index (χ3n) is 5.75. The second-order valence-electron chi connectivity index (χ2n) is 9.98. The van der Waals surface area contributed by atoms with Crippen molar-refractivity contribution >= 4 is 53.3 Å². The highest BCUT2D eigenvalue weighted by molar-refractivity contribution is 8.13. The fourth-order valence-corrected chi connectivity index (χ4v) is 6.28. The molecule has 0 aromatic carbocycles. The highest BCUT2D eigenvalue weighted by atomic mass is 35.5. The third-order valence-corrected chi connectivity index (χ3v) is 9.05. The lowest BCUT2D eigenvalue weighted by Gasteiger charge is -2.27. The molecule has 0 aliphatic carbocycles. The van der Waals surface area contributed by atoms with Crippen LogP contribution in [0.1, 0.15) is 40.8 Å². The number of aliphatic hydroxyl groups excluding tert-OH is 2. The topological polar surface area (TPSA) is 204 Å². The van der Waals surface area contributed by atoms with E-state index in [1.54, 1.807) is 27.7 Å². The number of thioether (sulfide) groups is 1. The summed E-state index contributed by atoms with van der Waals surface area (Å²) in [6.45, 7) is 7.30. The van der Waals surface area contributed by atoms with Crippen LogP contribution in [0.3, 0.4) is 0 Å². The molecule has 3 rings (SSSR count). The first-order valence-corrected chi connectivity index (χ1v) is 14.7. The molecule has 38 heavy (non-hydrogen) atoms. The molecule has 0 amide bonds. The van der Waals surface area contributed by atoms with Crippen molar-refractivity contribution in [1.29, 1.82) is 0 Å². The van der Waals surface area contributed by atoms with E-state index in [9.17, 15) is 24.7 Å². The molecule has 5 atom stereocenters. The predicted molar refractivity (Wildman–Crippen MR) is 141 cm³/mol. The van der Waals surface area contributed by atoms with Crippen LogP contribution in [0.15, 0.2) is 6.33 Å². The van der Waals surface area contributed by atoms with Gasteiger partial charge < -0.3 is 25.8 Å². The molecule has 2 unspecified atom stereocenters. The van der Waals surface area contributed by atoms with E-state index in [0.717, 1.165) is 11.8 Å². The van der Waals surface area contributed by atoms with Gasteiger partial charge in [-0.05, 0) is 34.6 Å². The number of nitrogens with two attached hydrogens (primary N) is 1. The monoisotopic (exact) mass is 596 g/mol. The number of anilines is 1. The van der Waals surface area contributed by atoms with Gasteiger partial charge in [0, 0.05) is 11.8 Å². The molecule has 2 aromatic rings. The molecule has 14 nitrogen and oxygen atoms in total. The third kappa shape index (κ3) is 6.84. The molecule has 2 aromatic heterocycles. The number of nitrogens with one attached hydrogen (secondary N) is 1. The Labute approximate surface area is 229 Å². The average Bonchev–Trinajstić information content (AvgIpc) is 3.33. The van der Waals surface area contributed by atoms with Crippen LogP contribution in [0, 0.1) is 5.41 Å². The Hall–Kier alpha value is -1.39. The Morgan fingerprint density at radius 1 is 1.42 bits per heavy atom. The summed E-state index contributed by atoms with van der Waals surface area (Å²) in [5, 5.41) is 33.8. The van der Waals surface area contributed by atoms with Crippen LogP contribution < -0.4 is 10.8 Å². The highest BCUT2D eigenvalue weighted by Gasteiger charge is 2.54. The molecule has 3 heterocycles. The van der Waals surface area contributed by atoms with E-state index in [1.807, 2.05) is 0 Å². The molecule has 0 spiro atoms. The molecule has 0 bridgehead atoms. The quantitative estimate of drug-likeness (QED) is 0.134. The minimum Gasteiger partial charge on any atom is -0.395 e. The van der Waals surface area contributed by atoms with Crippen LogP contribution in [-0.2, 0) is 23.1 Å². The minimum atomic E-state index is -3.91. The SMILES string of the molecule is CC(C)NP(=O)(OCCSC(=O)C(C)(C)CO)OC[C@H]1O[C@@H](n2cnc3c(Cl)nc(N)nc32)[C@@](C)(O)C1O. The second-order valence-corrected chi connectivity index (χ2v) is 13.2. The fraction of sp³-hybridized carbons (Fsp3) is 0.714. The standard InChI is InChI=1S/C21H34ClN6O8PS/c1-11(2)27-37(33,34-6-7-38-18(31)20(3,4)9-29)35-8-12-14(30)21(5,32)17(36-12)28-10-24-13-15(22)25-19(23)26-16(13)28/h10-12,14,17,29-30,32H,6-9H2,1-5H3,(H,27,33)(H2,23,25,26)/t12-,14?,17-,21+,37?/m1/s1. The van der Waals surface area contributed by atoms with Gasteiger partial charge in [-0.2, -0.15) is 9.97 Å². The highest BCUT2D eigenvalue weighted by Crippen LogP contribution is 2.47. The zero-order valence-corrected chi connectivity index (χ0v) is 24.2. The van der Waals surface area contributed by atoms with E-state index in [1.165, 1.54) is 17.8 Å². The van der Waals surface area contributed by atoms with Crippen molar-refractivity contribution in [3.8, 4) is 0 Å². The number of carbonyl (C=O) groups excluding carboxylic acids is 1. The van der Waals surface area contributed by atoms with Crippen molar-refractivity contribution in [2.24, 2.45) is 5.41 Å². The van der Waals surface area contributed by atoms with Gasteiger partial charge in [0.15, 0.2) is 22.1 Å². The first-order chi connectivity index (χ1) is 17.6. The fourth-order valence-electron chi connectivity index (χ4n) is 3.60. The van der Waals surface area contributed by atoms with Crippen LogP contribution >= 0.6 is 31.1 Å². The second kappa shape index (κ2) is 12.0. The molecule has 17 heteroatoms. The predicted octanol–water partition coefficient (Wildman–Crippen LogP) is 1.49. The number of ether oxygens (including phenoxy) is 1. The summed E-state index contributed by atoms with van der Waals surface area (Å²) < 4.78 is 31.7. The number of fused-ring (bicyclic) bond motifs is 1. The summed E-state index contributed by atoms with van der Waals surface area (Å²) in [6, 6.07) is -0.291. The average molecular weight is 597 g/mol. The molecular formula is C21H34ClN6O8PS. The maximum Gasteiger partial charge on any atom is 0.405 e. The van der Waals surface area contributed by atoms with E-state index in [0.29, 0.717) is 0 Å². The van der Waals surface area contributed by atoms with Crippen LogP contribution in [0.25, 0.3) is 11.2 Å². The summed E-state index contributed by atoms with van der Waals surface area (Å²) in [5.41, 5.74) is 3.38. The molecule has 1 saturated heterocycles. The largest absolute Gasteiger partial charge is 0.405 e. The Morgan fingerprint density at radius 2 is 2.11 bits per heavy atom. The zero-order valence-electron chi connectivity index (χ0n) is 21.7. The van der Waals surface area contributed by atoms with E-state index >= 15 is 0 Å². The summed E-state index contributed by atoms with van der Waals surface area (Å²) in [4.78, 5) is 24.3. The lowest BCUT2D eigenvalue weighted by molar-refractivity contribution is -0.119. The normalized spacial score (nSPS) is 25.8. The zero-order chi connectivity index (χ0) is 28.5. The number of nitrogens with zero attached hydrogens (tertiary/aromatic N) is 4. The summed E-state index contributed by atoms with van der Waals surface area (Å²) in [5.74, 6) is 0.0654. The van der Waals surface area contributed by atoms with Crippen LogP contribution in [0.5, 0.6) is 0 Å². The maximum absolute atomic E-state index is 13.4. The Balaban J connectivity index is 1.69. The summed E-state index contributed by atoms with van der Waals surface area (Å²) in [6.07, 6.45) is -2.42. The first-order valence-electron chi connectivity index (χ1n) is 11.8. The molecule has 0 saturated carbocycles. The molecule has 1 aliphatic rings. The van der Waals surface area contributed by atoms with Gasteiger partial charge in [0.2, 0.25) is 5.95 Å². The Morgan fingerprint density at radius 3 is 2.74 bits per heavy atom. The Bertz CT molecular complexity index is 1200. The number of hydrogen-bond acceptors (Lipinski definition) is 13. The molecule has 1 fully saturated rings. The van der Waals surface area contributed by atoms with Crippen LogP contribution in [0.4, 0.5) is 5.95 Å². The number of imidazole rings is 1. The number of aromatic nitrogens is 4. The molecule has 214 valence electrons. The number of rotatable bonds is 12. The van der Waals surface area contributed by atoms with Crippen LogP contribution in [-0.4, -0.2) is 89.4 Å². The van der Waals surface area contributed by atoms with E-state index < -0.39 is 43.8 Å². The van der Waals surface area contributed by atoms with E-state index in [-0.39, 0.29) is 52.4 Å². The van der Waals surface area contributed by atoms with E-state index in [2.05, 4.69) is 20.0 Å². The molecule has 6 N–H and O–H groups in total. The van der Waals surface area contributed by atoms with Gasteiger partial charge >= 0.3 is 7.75 Å². The summed E-state index contributed by atoms with van der Waals surface area (Å²) in [7, 11) is -3.91. The molecular weight excluding hydrogens is 563 g/mol. The molecule has 1 aliphatic heterocycles. The minimum absolute atomic E-state index is 0.0157. The lowest BCUT2D eigenvalue weighted by Crippen LogP contribution is -2.44. The van der Waals surface area contributed by atoms with Crippen molar-refractivity contribution < 1.29 is 38.5 Å². The number of nitrogen functional groups attached to an aromatic ring is 1. The van der Waals surface area contributed by atoms with Crippen molar-refractivity contribution in [2.75, 3.05) is 31.3 Å². The van der Waals surface area contributed by atoms with Crippen molar-refractivity contribution in [1.82, 2.24) is 24.6 Å². The van der Waals surface area contributed by atoms with Gasteiger partial charge in [0.05, 0.1) is 31.6 Å². The number of halogens is 1. The smallest absolute Gasteiger partial charge is 0.395 e. The Kier molecular flexibility index (Phi) is 9.84. The van der Waals surface area contributed by atoms with E-state index in [4.69, 9.17) is 31.1 Å². The number of carbonyl (C=O) groups is 1. The first kappa shape index (κ1) is 31.1. The van der Waals surface area contributed by atoms with Gasteiger partial charge in [0.1, 0.15) is 23.3 Å². The number of aliphatic hydroxyl groups is 3. The van der Waals surface area contributed by atoms with Crippen molar-refractivity contribution in [2.45, 2.75) is 64.7 Å². The van der Waals surface area contributed by atoms with Gasteiger partial charge in [-0.25, -0.2) is 14.6 Å². The summed E-state index contributed by atoms with van der Waals surface area (Å²) >= 11 is 7.04. The lowest BCUT2D eigenvalue weighted by atomic mass is 9.96. The van der Waals surface area contributed by atoms with Gasteiger partial charge in [-0.3, -0.25) is 18.4 Å². The molecule has 0 radical (unpaired) electrons. The van der Waals surface area contributed by atoms with Gasteiger partial charge in [-0.15, -0.1) is 0 Å².